The second kappa shape index (κ2) is 6.92. The molecule has 0 bridgehead atoms. The molecule has 0 spiro atoms. The number of ether oxygens (including phenoxy) is 1. The van der Waals surface area contributed by atoms with Crippen molar-refractivity contribution in [2.45, 2.75) is 25.9 Å². The fraction of sp³-hybridized carbons (Fsp3) is 0.200. The molecule has 6 heteroatoms. The maximum absolute atomic E-state index is 12.5. The molecule has 1 unspecified atom stereocenters. The highest BCUT2D eigenvalue weighted by atomic mass is 16.5. The Morgan fingerprint density at radius 3 is 2.54 bits per heavy atom. The number of rotatable bonds is 4. The molecule has 2 aromatic carbocycles. The Morgan fingerprint density at radius 1 is 1.19 bits per heavy atom. The van der Waals surface area contributed by atoms with Crippen LogP contribution in [0.25, 0.3) is 0 Å². The standard InChI is InChI=1S/C20H18O6/c1-11(20(24)25)2-7-14-16(22)9-8-15-17(23)10-18(26-19(14)15)12-3-5-13(21)6-4-12/h2-6,8-9,18,21-22H,7,10H2,1H3,(H,24,25)/b11-2+. The van der Waals surface area contributed by atoms with Gasteiger partial charge in [0.25, 0.3) is 0 Å². The second-order valence-electron chi connectivity index (χ2n) is 6.16. The number of carboxylic acid groups (broad SMARTS) is 1. The molecule has 1 aliphatic heterocycles. The number of Topliss-reactive ketones (excluding diaryl/α,β-unsaturated/α-hetero) is 1. The predicted octanol–water partition coefficient (Wildman–Crippen LogP) is 3.38. The van der Waals surface area contributed by atoms with Gasteiger partial charge in [0.15, 0.2) is 5.78 Å². The molecule has 2 aromatic rings. The van der Waals surface area contributed by atoms with E-state index in [1.54, 1.807) is 12.1 Å². The Balaban J connectivity index is 1.99. The predicted molar refractivity (Wildman–Crippen MR) is 93.6 cm³/mol. The van der Waals surface area contributed by atoms with Crippen LogP contribution in [0.2, 0.25) is 0 Å². The van der Waals surface area contributed by atoms with E-state index in [0.717, 1.165) is 5.56 Å². The van der Waals surface area contributed by atoms with E-state index in [4.69, 9.17) is 9.84 Å². The Bertz CT molecular complexity index is 895. The van der Waals surface area contributed by atoms with Crippen molar-refractivity contribution in [1.82, 2.24) is 0 Å². The molecule has 134 valence electrons. The summed E-state index contributed by atoms with van der Waals surface area (Å²) in [5.74, 6) is -0.840. The van der Waals surface area contributed by atoms with Crippen LogP contribution >= 0.6 is 0 Å². The number of carbonyl (C=O) groups excluding carboxylic acids is 1. The molecule has 6 nitrogen and oxygen atoms in total. The first-order chi connectivity index (χ1) is 12.4. The summed E-state index contributed by atoms with van der Waals surface area (Å²) < 4.78 is 5.99. The van der Waals surface area contributed by atoms with Crippen LogP contribution in [0.5, 0.6) is 17.2 Å². The fourth-order valence-electron chi connectivity index (χ4n) is 2.85. The number of hydrogen-bond donors (Lipinski definition) is 3. The van der Waals surface area contributed by atoms with Gasteiger partial charge in [0.1, 0.15) is 23.4 Å². The summed E-state index contributed by atoms with van der Waals surface area (Å²) in [6.07, 6.45) is 1.20. The maximum Gasteiger partial charge on any atom is 0.330 e. The van der Waals surface area contributed by atoms with Gasteiger partial charge in [-0.25, -0.2) is 4.79 Å². The van der Waals surface area contributed by atoms with E-state index in [0.29, 0.717) is 11.1 Å². The molecule has 1 atom stereocenters. The van der Waals surface area contributed by atoms with Crippen LogP contribution in [0.1, 0.15) is 40.9 Å². The zero-order valence-electron chi connectivity index (χ0n) is 14.1. The van der Waals surface area contributed by atoms with Gasteiger partial charge in [0, 0.05) is 11.1 Å². The zero-order valence-corrected chi connectivity index (χ0v) is 14.1. The van der Waals surface area contributed by atoms with Gasteiger partial charge in [-0.2, -0.15) is 0 Å². The first kappa shape index (κ1) is 17.5. The third-order valence-electron chi connectivity index (χ3n) is 4.38. The lowest BCUT2D eigenvalue weighted by Crippen LogP contribution is -2.21. The number of benzene rings is 2. The Hall–Kier alpha value is -3.28. The zero-order chi connectivity index (χ0) is 18.8. The quantitative estimate of drug-likeness (QED) is 0.727. The number of aliphatic carboxylic acids is 1. The van der Waals surface area contributed by atoms with Crippen LogP contribution in [-0.4, -0.2) is 27.1 Å². The monoisotopic (exact) mass is 354 g/mol. The molecule has 0 aliphatic carbocycles. The van der Waals surface area contributed by atoms with Crippen LogP contribution in [-0.2, 0) is 11.2 Å². The van der Waals surface area contributed by atoms with E-state index in [1.165, 1.54) is 37.3 Å². The van der Waals surface area contributed by atoms with Gasteiger partial charge < -0.3 is 20.1 Å². The lowest BCUT2D eigenvalue weighted by atomic mass is 9.93. The summed E-state index contributed by atoms with van der Waals surface area (Å²) in [4.78, 5) is 23.5. The number of aromatic hydroxyl groups is 2. The van der Waals surface area contributed by atoms with Crippen molar-refractivity contribution in [2.24, 2.45) is 0 Å². The summed E-state index contributed by atoms with van der Waals surface area (Å²) >= 11 is 0. The molecule has 0 fully saturated rings. The minimum atomic E-state index is -1.05. The van der Waals surface area contributed by atoms with E-state index < -0.39 is 12.1 Å². The summed E-state index contributed by atoms with van der Waals surface area (Å²) in [6.45, 7) is 1.46. The summed E-state index contributed by atoms with van der Waals surface area (Å²) in [5.41, 5.74) is 1.61. The van der Waals surface area contributed by atoms with Crippen molar-refractivity contribution in [3.8, 4) is 17.2 Å². The molecule has 0 amide bonds. The Kier molecular flexibility index (Phi) is 4.67. The van der Waals surface area contributed by atoms with Crippen molar-refractivity contribution in [1.29, 1.82) is 0 Å². The van der Waals surface area contributed by atoms with E-state index in [1.807, 2.05) is 0 Å². The molecular weight excluding hydrogens is 336 g/mol. The van der Waals surface area contributed by atoms with Gasteiger partial charge in [-0.15, -0.1) is 0 Å². The summed E-state index contributed by atoms with van der Waals surface area (Å²) in [5, 5.41) is 28.6. The normalized spacial score (nSPS) is 16.7. The number of phenols is 2. The number of carboxylic acids is 1. The first-order valence-corrected chi connectivity index (χ1v) is 8.10. The van der Waals surface area contributed by atoms with Gasteiger partial charge in [-0.1, -0.05) is 18.2 Å². The van der Waals surface area contributed by atoms with E-state index in [2.05, 4.69) is 0 Å². The minimum Gasteiger partial charge on any atom is -0.508 e. The highest BCUT2D eigenvalue weighted by molar-refractivity contribution is 6.00. The third kappa shape index (κ3) is 3.39. The SMILES string of the molecule is C/C(=C\Cc1c(O)ccc2c1OC(c1ccc(O)cc1)CC2=O)C(=O)O. The Morgan fingerprint density at radius 2 is 1.88 bits per heavy atom. The molecule has 0 aromatic heterocycles. The number of allylic oxidation sites excluding steroid dienone is 1. The fourth-order valence-corrected chi connectivity index (χ4v) is 2.85. The topological polar surface area (TPSA) is 104 Å². The Labute approximate surface area is 150 Å². The maximum atomic E-state index is 12.5. The smallest absolute Gasteiger partial charge is 0.330 e. The summed E-state index contributed by atoms with van der Waals surface area (Å²) in [7, 11) is 0. The highest BCUT2D eigenvalue weighted by Crippen LogP contribution is 2.41. The molecule has 3 N–H and O–H groups in total. The van der Waals surface area contributed by atoms with Crippen LogP contribution in [0, 0.1) is 0 Å². The molecule has 0 radical (unpaired) electrons. The van der Waals surface area contributed by atoms with Crippen LogP contribution < -0.4 is 4.74 Å². The molecule has 1 heterocycles. The largest absolute Gasteiger partial charge is 0.508 e. The van der Waals surface area contributed by atoms with Crippen molar-refractivity contribution >= 4 is 11.8 Å². The number of fused-ring (bicyclic) bond motifs is 1. The van der Waals surface area contributed by atoms with E-state index >= 15 is 0 Å². The van der Waals surface area contributed by atoms with Gasteiger partial charge >= 0.3 is 5.97 Å². The van der Waals surface area contributed by atoms with Gasteiger partial charge in [-0.05, 0) is 43.2 Å². The van der Waals surface area contributed by atoms with Crippen molar-refractivity contribution in [3.63, 3.8) is 0 Å². The van der Waals surface area contributed by atoms with Gasteiger partial charge in [-0.3, -0.25) is 4.79 Å². The molecule has 0 saturated carbocycles. The van der Waals surface area contributed by atoms with Crippen molar-refractivity contribution < 1.29 is 29.6 Å². The van der Waals surface area contributed by atoms with Crippen molar-refractivity contribution in [2.75, 3.05) is 0 Å². The average Bonchev–Trinajstić information content (AvgIpc) is 2.61. The van der Waals surface area contributed by atoms with Crippen molar-refractivity contribution in [3.05, 3.63) is 64.7 Å². The van der Waals surface area contributed by atoms with Crippen LogP contribution in [0.3, 0.4) is 0 Å². The lowest BCUT2D eigenvalue weighted by molar-refractivity contribution is -0.132. The molecule has 3 rings (SSSR count). The second-order valence-corrected chi connectivity index (χ2v) is 6.16. The third-order valence-corrected chi connectivity index (χ3v) is 4.38. The summed E-state index contributed by atoms with van der Waals surface area (Å²) in [6, 6.07) is 9.31. The number of carbonyl (C=O) groups is 2. The van der Waals surface area contributed by atoms with Crippen LogP contribution in [0.15, 0.2) is 48.0 Å². The number of phenolic OH excluding ortho intramolecular Hbond substituents is 2. The van der Waals surface area contributed by atoms with Crippen LogP contribution in [0.4, 0.5) is 0 Å². The van der Waals surface area contributed by atoms with Gasteiger partial charge in [0.2, 0.25) is 0 Å². The minimum absolute atomic E-state index is 0.0580. The number of hydrogen-bond acceptors (Lipinski definition) is 5. The molecule has 26 heavy (non-hydrogen) atoms. The van der Waals surface area contributed by atoms with Gasteiger partial charge in [0.05, 0.1) is 12.0 Å². The molecule has 1 aliphatic rings. The highest BCUT2D eigenvalue weighted by Gasteiger charge is 2.30. The van der Waals surface area contributed by atoms with E-state index in [-0.39, 0.29) is 41.4 Å². The molecule has 0 saturated heterocycles. The number of ketones is 1. The molecular formula is C20H18O6. The lowest BCUT2D eigenvalue weighted by Gasteiger charge is -2.27. The van der Waals surface area contributed by atoms with E-state index in [9.17, 15) is 19.8 Å². The average molecular weight is 354 g/mol. The first-order valence-electron chi connectivity index (χ1n) is 8.10.